The molecule has 0 bridgehead atoms. The maximum Gasteiger partial charge on any atom is 0.251 e. The zero-order valence-electron chi connectivity index (χ0n) is 15.8. The number of hydrogen-bond acceptors (Lipinski definition) is 5. The van der Waals surface area contributed by atoms with Gasteiger partial charge in [-0.15, -0.1) is 0 Å². The summed E-state index contributed by atoms with van der Waals surface area (Å²) in [7, 11) is -0.397. The summed E-state index contributed by atoms with van der Waals surface area (Å²) < 4.78 is 37.2. The Morgan fingerprint density at radius 3 is 2.35 bits per heavy atom. The summed E-state index contributed by atoms with van der Waals surface area (Å²) in [6.07, 6.45) is 2.80. The second kappa shape index (κ2) is 8.73. The van der Waals surface area contributed by atoms with Crippen molar-refractivity contribution in [2.24, 2.45) is 0 Å². The van der Waals surface area contributed by atoms with Crippen LogP contribution in [0.25, 0.3) is 0 Å². The number of rotatable bonds is 7. The predicted molar refractivity (Wildman–Crippen MR) is 100 cm³/mol. The van der Waals surface area contributed by atoms with E-state index in [1.54, 1.807) is 22.5 Å². The van der Waals surface area contributed by atoms with Crippen LogP contribution >= 0.6 is 0 Å². The predicted octanol–water partition coefficient (Wildman–Crippen LogP) is 2.03. The van der Waals surface area contributed by atoms with E-state index in [9.17, 15) is 13.2 Å². The highest BCUT2D eigenvalue weighted by Gasteiger charge is 2.34. The van der Waals surface area contributed by atoms with Crippen LogP contribution in [-0.4, -0.2) is 57.2 Å². The summed E-state index contributed by atoms with van der Waals surface area (Å²) >= 11 is 0. The van der Waals surface area contributed by atoms with E-state index in [4.69, 9.17) is 9.47 Å². The first-order valence-electron chi connectivity index (χ1n) is 8.81. The molecule has 0 saturated carbocycles. The molecule has 146 valence electrons. The molecule has 1 aliphatic rings. The van der Waals surface area contributed by atoms with Crippen LogP contribution in [-0.2, 0) is 10.0 Å². The fourth-order valence-electron chi connectivity index (χ4n) is 3.42. The van der Waals surface area contributed by atoms with Gasteiger partial charge in [0.05, 0.1) is 20.0 Å². The van der Waals surface area contributed by atoms with Crippen molar-refractivity contribution in [1.82, 2.24) is 9.62 Å². The number of carbonyl (C=O) groups is 1. The van der Waals surface area contributed by atoms with E-state index >= 15 is 0 Å². The third-order valence-corrected chi connectivity index (χ3v) is 6.81. The average molecular weight is 384 g/mol. The lowest BCUT2D eigenvalue weighted by atomic mass is 10.0. The van der Waals surface area contributed by atoms with Crippen molar-refractivity contribution < 1.29 is 22.7 Å². The molecule has 0 radical (unpaired) electrons. The molecular weight excluding hydrogens is 356 g/mol. The lowest BCUT2D eigenvalue weighted by Crippen LogP contribution is -2.49. The molecule has 0 aromatic heterocycles. The molecule has 0 spiro atoms. The van der Waals surface area contributed by atoms with Crippen LogP contribution < -0.4 is 14.8 Å². The maximum atomic E-state index is 12.6. The Kier molecular flexibility index (Phi) is 6.88. The minimum absolute atomic E-state index is 0.00491. The third-order valence-electron chi connectivity index (χ3n) is 4.73. The normalized spacial score (nSPS) is 21.2. The smallest absolute Gasteiger partial charge is 0.251 e. The third kappa shape index (κ3) is 4.67. The highest BCUT2D eigenvalue weighted by Crippen LogP contribution is 2.28. The minimum Gasteiger partial charge on any atom is -0.493 e. The second-order valence-corrected chi connectivity index (χ2v) is 8.59. The van der Waals surface area contributed by atoms with Gasteiger partial charge in [0.15, 0.2) is 11.5 Å². The Morgan fingerprint density at radius 2 is 1.77 bits per heavy atom. The molecule has 1 fully saturated rings. The molecule has 1 N–H and O–H groups in total. The Bertz CT molecular complexity index is 725. The largest absolute Gasteiger partial charge is 0.493 e. The first-order valence-corrected chi connectivity index (χ1v) is 10.4. The summed E-state index contributed by atoms with van der Waals surface area (Å²) in [6, 6.07) is 4.83. The number of carbonyl (C=O) groups excluding carboxylic acids is 1. The first-order chi connectivity index (χ1) is 12.3. The van der Waals surface area contributed by atoms with Crippen LogP contribution in [0, 0.1) is 0 Å². The van der Waals surface area contributed by atoms with E-state index in [0.29, 0.717) is 17.1 Å². The molecule has 1 saturated heterocycles. The van der Waals surface area contributed by atoms with Crippen LogP contribution in [0.4, 0.5) is 0 Å². The van der Waals surface area contributed by atoms with Crippen LogP contribution in [0.15, 0.2) is 18.2 Å². The Morgan fingerprint density at radius 1 is 1.15 bits per heavy atom. The number of benzene rings is 1. The van der Waals surface area contributed by atoms with Gasteiger partial charge in [-0.3, -0.25) is 4.79 Å². The molecule has 26 heavy (non-hydrogen) atoms. The van der Waals surface area contributed by atoms with Gasteiger partial charge in [-0.1, -0.05) is 6.42 Å². The number of nitrogens with one attached hydrogen (secondary N) is 1. The quantitative estimate of drug-likeness (QED) is 0.777. The number of hydrogen-bond donors (Lipinski definition) is 1. The molecule has 2 atom stereocenters. The van der Waals surface area contributed by atoms with Gasteiger partial charge in [0.1, 0.15) is 0 Å². The topological polar surface area (TPSA) is 84.9 Å². The van der Waals surface area contributed by atoms with Crippen molar-refractivity contribution in [3.63, 3.8) is 0 Å². The highest BCUT2D eigenvalue weighted by atomic mass is 32.2. The van der Waals surface area contributed by atoms with Crippen molar-refractivity contribution in [1.29, 1.82) is 0 Å². The first kappa shape index (κ1) is 20.5. The SMILES string of the molecule is COc1ccc(C(=O)NCCS(=O)(=O)N2[C@H](C)CCC[C@@H]2C)cc1OC. The number of amides is 1. The summed E-state index contributed by atoms with van der Waals surface area (Å²) in [4.78, 5) is 12.3. The highest BCUT2D eigenvalue weighted by molar-refractivity contribution is 7.89. The Labute approximate surface area is 155 Å². The fourth-order valence-corrected chi connectivity index (χ4v) is 5.30. The molecule has 2 rings (SSSR count). The van der Waals surface area contributed by atoms with E-state index in [1.165, 1.54) is 14.2 Å². The molecule has 1 aromatic rings. The van der Waals surface area contributed by atoms with Gasteiger partial charge in [-0.05, 0) is 44.9 Å². The molecule has 1 aliphatic heterocycles. The van der Waals surface area contributed by atoms with Crippen LogP contribution in [0.3, 0.4) is 0 Å². The molecular formula is C18H28N2O5S. The minimum atomic E-state index is -3.41. The van der Waals surface area contributed by atoms with Crippen LogP contribution in [0.2, 0.25) is 0 Å². The van der Waals surface area contributed by atoms with E-state index in [2.05, 4.69) is 5.32 Å². The van der Waals surface area contributed by atoms with Gasteiger partial charge in [0, 0.05) is 24.2 Å². The number of nitrogens with zero attached hydrogens (tertiary/aromatic N) is 1. The van der Waals surface area contributed by atoms with Gasteiger partial charge in [-0.25, -0.2) is 8.42 Å². The fraction of sp³-hybridized carbons (Fsp3) is 0.611. The molecule has 0 unspecified atom stereocenters. The van der Waals surface area contributed by atoms with Gasteiger partial charge in [0.2, 0.25) is 10.0 Å². The molecule has 1 heterocycles. The van der Waals surface area contributed by atoms with Gasteiger partial charge in [0.25, 0.3) is 5.91 Å². The molecule has 1 aromatic carbocycles. The van der Waals surface area contributed by atoms with Crippen molar-refractivity contribution in [3.8, 4) is 11.5 Å². The summed E-state index contributed by atoms with van der Waals surface area (Å²) in [5.74, 6) is 0.519. The lowest BCUT2D eigenvalue weighted by molar-refractivity contribution is 0.0955. The van der Waals surface area contributed by atoms with Gasteiger partial charge in [-0.2, -0.15) is 4.31 Å². The van der Waals surface area contributed by atoms with Crippen molar-refractivity contribution in [2.75, 3.05) is 26.5 Å². The van der Waals surface area contributed by atoms with E-state index in [-0.39, 0.29) is 30.3 Å². The standard InChI is InChI=1S/C18H28N2O5S/c1-13-6-5-7-14(2)20(13)26(22,23)11-10-19-18(21)15-8-9-16(24-3)17(12-15)25-4/h8-9,12-14H,5-7,10-11H2,1-4H3,(H,19,21)/t13-,14+. The van der Waals surface area contributed by atoms with Crippen molar-refractivity contribution in [3.05, 3.63) is 23.8 Å². The lowest BCUT2D eigenvalue weighted by Gasteiger charge is -2.37. The van der Waals surface area contributed by atoms with Gasteiger partial charge >= 0.3 is 0 Å². The molecule has 1 amide bonds. The summed E-state index contributed by atoms with van der Waals surface area (Å²) in [5, 5.41) is 2.67. The second-order valence-electron chi connectivity index (χ2n) is 6.60. The summed E-state index contributed by atoms with van der Waals surface area (Å²) in [5.41, 5.74) is 0.389. The monoisotopic (exact) mass is 384 g/mol. The zero-order chi connectivity index (χ0) is 19.3. The number of ether oxygens (including phenoxy) is 2. The van der Waals surface area contributed by atoms with E-state index in [1.807, 2.05) is 13.8 Å². The van der Waals surface area contributed by atoms with E-state index in [0.717, 1.165) is 19.3 Å². The van der Waals surface area contributed by atoms with Crippen molar-refractivity contribution >= 4 is 15.9 Å². The summed E-state index contributed by atoms with van der Waals surface area (Å²) in [6.45, 7) is 3.94. The molecule has 7 nitrogen and oxygen atoms in total. The molecule has 0 aliphatic carbocycles. The Balaban J connectivity index is 1.97. The number of methoxy groups -OCH3 is 2. The van der Waals surface area contributed by atoms with E-state index < -0.39 is 10.0 Å². The molecule has 8 heteroatoms. The zero-order valence-corrected chi connectivity index (χ0v) is 16.6. The van der Waals surface area contributed by atoms with Crippen LogP contribution in [0.5, 0.6) is 11.5 Å². The van der Waals surface area contributed by atoms with Crippen molar-refractivity contribution in [2.45, 2.75) is 45.2 Å². The van der Waals surface area contributed by atoms with Gasteiger partial charge < -0.3 is 14.8 Å². The average Bonchev–Trinajstić information content (AvgIpc) is 2.60. The Hall–Kier alpha value is -1.80. The number of sulfonamides is 1. The maximum absolute atomic E-state index is 12.6. The number of piperidine rings is 1. The van der Waals surface area contributed by atoms with Crippen LogP contribution in [0.1, 0.15) is 43.5 Å².